The van der Waals surface area contributed by atoms with Crippen LogP contribution in [-0.4, -0.2) is 21.4 Å². The van der Waals surface area contributed by atoms with E-state index in [-0.39, 0.29) is 5.91 Å². The first-order valence-electron chi connectivity index (χ1n) is 3.62. The first-order valence-corrected chi connectivity index (χ1v) is 4.26. The third-order valence-corrected chi connectivity index (χ3v) is 1.54. The first kappa shape index (κ1) is 9.12. The molecule has 1 amide bonds. The molecule has 1 aromatic heterocycles. The quantitative estimate of drug-likeness (QED) is 0.680. The van der Waals surface area contributed by atoms with Gasteiger partial charge in [-0.15, -0.1) is 0 Å². The molecule has 1 rings (SSSR count). The van der Waals surface area contributed by atoms with E-state index in [4.69, 9.17) is 0 Å². The van der Waals surface area contributed by atoms with E-state index in [2.05, 4.69) is 23.0 Å². The summed E-state index contributed by atoms with van der Waals surface area (Å²) in [4.78, 5) is 11.0. The summed E-state index contributed by atoms with van der Waals surface area (Å²) in [6.07, 6.45) is 2.19. The number of nitrogens with zero attached hydrogens (tertiary/aromatic N) is 2. The summed E-state index contributed by atoms with van der Waals surface area (Å²) >= 11 is 3.95. The van der Waals surface area contributed by atoms with Gasteiger partial charge in [-0.1, -0.05) is 0 Å². The summed E-state index contributed by atoms with van der Waals surface area (Å²) in [5.74, 6) is 1.09. The zero-order valence-electron chi connectivity index (χ0n) is 6.82. The lowest BCUT2D eigenvalue weighted by molar-refractivity contribution is -0.115. The molecule has 0 unspecified atom stereocenters. The van der Waals surface area contributed by atoms with Crippen LogP contribution in [0.5, 0.6) is 0 Å². The summed E-state index contributed by atoms with van der Waals surface area (Å²) < 4.78 is 1.64. The van der Waals surface area contributed by atoms with Crippen LogP contribution in [0.15, 0.2) is 12.3 Å². The maximum absolute atomic E-state index is 11.0. The van der Waals surface area contributed by atoms with Crippen molar-refractivity contribution in [3.05, 3.63) is 12.3 Å². The molecule has 0 spiro atoms. The Labute approximate surface area is 76.4 Å². The predicted molar refractivity (Wildman–Crippen MR) is 50.3 cm³/mol. The number of rotatable bonds is 3. The normalized spacial score (nSPS) is 9.83. The number of aromatic nitrogens is 2. The number of hydrogen-bond donors (Lipinski definition) is 2. The molecular formula is C7H11N3OS. The minimum Gasteiger partial charge on any atom is -0.309 e. The molecule has 1 aromatic rings. The lowest BCUT2D eigenvalue weighted by Crippen LogP contribution is -2.12. The van der Waals surface area contributed by atoms with E-state index in [1.54, 1.807) is 24.0 Å². The van der Waals surface area contributed by atoms with Crippen LogP contribution in [0, 0.1) is 0 Å². The minimum absolute atomic E-state index is 0.0521. The Morgan fingerprint density at radius 3 is 3.08 bits per heavy atom. The van der Waals surface area contributed by atoms with Gasteiger partial charge in [0.15, 0.2) is 5.82 Å². The van der Waals surface area contributed by atoms with Crippen LogP contribution in [0.3, 0.4) is 0 Å². The molecule has 66 valence electrons. The van der Waals surface area contributed by atoms with Crippen molar-refractivity contribution in [2.45, 2.75) is 6.42 Å². The third-order valence-electron chi connectivity index (χ3n) is 1.32. The van der Waals surface area contributed by atoms with Gasteiger partial charge >= 0.3 is 0 Å². The number of carbonyl (C=O) groups is 1. The molecular weight excluding hydrogens is 174 g/mol. The van der Waals surface area contributed by atoms with Gasteiger partial charge in [-0.2, -0.15) is 17.7 Å². The first-order chi connectivity index (χ1) is 5.72. The van der Waals surface area contributed by atoms with E-state index in [9.17, 15) is 4.79 Å². The molecule has 1 N–H and O–H groups in total. The topological polar surface area (TPSA) is 46.9 Å². The Balaban J connectivity index is 2.46. The Morgan fingerprint density at radius 2 is 2.58 bits per heavy atom. The van der Waals surface area contributed by atoms with Gasteiger partial charge in [0.25, 0.3) is 0 Å². The van der Waals surface area contributed by atoms with Crippen LogP contribution in [-0.2, 0) is 11.8 Å². The predicted octanol–water partition coefficient (Wildman–Crippen LogP) is 0.678. The van der Waals surface area contributed by atoms with Crippen molar-refractivity contribution in [2.75, 3.05) is 11.1 Å². The zero-order chi connectivity index (χ0) is 8.97. The molecule has 0 atom stereocenters. The van der Waals surface area contributed by atoms with E-state index >= 15 is 0 Å². The third kappa shape index (κ3) is 2.58. The monoisotopic (exact) mass is 185 g/mol. The Hall–Kier alpha value is -0.970. The summed E-state index contributed by atoms with van der Waals surface area (Å²) in [5, 5.41) is 6.64. The van der Waals surface area contributed by atoms with Crippen LogP contribution in [0.25, 0.3) is 0 Å². The van der Waals surface area contributed by atoms with Crippen molar-refractivity contribution in [1.29, 1.82) is 0 Å². The average molecular weight is 185 g/mol. The molecule has 4 nitrogen and oxygen atoms in total. The fourth-order valence-electron chi connectivity index (χ4n) is 0.789. The Morgan fingerprint density at radius 1 is 1.83 bits per heavy atom. The Bertz CT molecular complexity index is 271. The lowest BCUT2D eigenvalue weighted by atomic mass is 10.4. The van der Waals surface area contributed by atoms with Gasteiger partial charge in [0.2, 0.25) is 5.91 Å². The van der Waals surface area contributed by atoms with Gasteiger partial charge in [0.1, 0.15) is 0 Å². The molecule has 0 fully saturated rings. The summed E-state index contributed by atoms with van der Waals surface area (Å²) in [7, 11) is 1.80. The maximum Gasteiger partial charge on any atom is 0.226 e. The number of thiol groups is 1. The number of anilines is 1. The Kier molecular flexibility index (Phi) is 3.16. The van der Waals surface area contributed by atoms with Crippen LogP contribution in [0.2, 0.25) is 0 Å². The molecule has 5 heteroatoms. The second-order valence-electron chi connectivity index (χ2n) is 2.40. The van der Waals surface area contributed by atoms with E-state index in [1.807, 2.05) is 0 Å². The highest BCUT2D eigenvalue weighted by atomic mass is 32.1. The molecule has 12 heavy (non-hydrogen) atoms. The number of amides is 1. The van der Waals surface area contributed by atoms with E-state index in [0.717, 1.165) is 0 Å². The molecule has 1 heterocycles. The minimum atomic E-state index is -0.0521. The van der Waals surface area contributed by atoms with E-state index in [1.165, 1.54) is 0 Å². The number of carbonyl (C=O) groups excluding carboxylic acids is 1. The van der Waals surface area contributed by atoms with Crippen molar-refractivity contribution in [1.82, 2.24) is 9.78 Å². The largest absolute Gasteiger partial charge is 0.309 e. The summed E-state index contributed by atoms with van der Waals surface area (Å²) in [5.41, 5.74) is 0. The van der Waals surface area contributed by atoms with Crippen LogP contribution in [0.1, 0.15) is 6.42 Å². The highest BCUT2D eigenvalue weighted by molar-refractivity contribution is 7.80. The molecule has 0 aliphatic heterocycles. The van der Waals surface area contributed by atoms with Crippen molar-refractivity contribution in [2.24, 2.45) is 7.05 Å². The summed E-state index contributed by atoms with van der Waals surface area (Å²) in [6.45, 7) is 0. The van der Waals surface area contributed by atoms with Crippen LogP contribution >= 0.6 is 12.6 Å². The number of nitrogens with one attached hydrogen (secondary N) is 1. The molecule has 0 bridgehead atoms. The number of hydrogen-bond acceptors (Lipinski definition) is 3. The molecule has 0 radical (unpaired) electrons. The maximum atomic E-state index is 11.0. The van der Waals surface area contributed by atoms with Gasteiger partial charge in [-0.3, -0.25) is 9.48 Å². The fraction of sp³-hybridized carbons (Fsp3) is 0.429. The highest BCUT2D eigenvalue weighted by Gasteiger charge is 2.01. The average Bonchev–Trinajstić information content (AvgIpc) is 2.36. The molecule has 0 saturated carbocycles. The van der Waals surface area contributed by atoms with Crippen molar-refractivity contribution < 1.29 is 4.79 Å². The molecule has 0 aliphatic rings. The van der Waals surface area contributed by atoms with Gasteiger partial charge in [0.05, 0.1) is 0 Å². The molecule has 0 aliphatic carbocycles. The van der Waals surface area contributed by atoms with Gasteiger partial charge in [-0.25, -0.2) is 0 Å². The standard InChI is InChI=1S/C7H11N3OS/c1-10-4-2-6(9-10)8-7(11)3-5-12/h2,4,12H,3,5H2,1H3,(H,8,9,11). The second-order valence-corrected chi connectivity index (χ2v) is 2.84. The van der Waals surface area contributed by atoms with Crippen molar-refractivity contribution in [3.63, 3.8) is 0 Å². The smallest absolute Gasteiger partial charge is 0.226 e. The van der Waals surface area contributed by atoms with Gasteiger partial charge in [0, 0.05) is 25.7 Å². The molecule has 0 aromatic carbocycles. The van der Waals surface area contributed by atoms with Crippen molar-refractivity contribution >= 4 is 24.4 Å². The van der Waals surface area contributed by atoms with E-state index < -0.39 is 0 Å². The number of aryl methyl sites for hydroxylation is 1. The molecule has 0 saturated heterocycles. The van der Waals surface area contributed by atoms with E-state index in [0.29, 0.717) is 18.0 Å². The van der Waals surface area contributed by atoms with Crippen LogP contribution in [0.4, 0.5) is 5.82 Å². The second kappa shape index (κ2) is 4.15. The van der Waals surface area contributed by atoms with Gasteiger partial charge < -0.3 is 5.32 Å². The summed E-state index contributed by atoms with van der Waals surface area (Å²) in [6, 6.07) is 1.75. The van der Waals surface area contributed by atoms with Crippen LogP contribution < -0.4 is 5.32 Å². The fourth-order valence-corrected chi connectivity index (χ4v) is 0.992. The SMILES string of the molecule is Cn1ccc(NC(=O)CCS)n1. The lowest BCUT2D eigenvalue weighted by Gasteiger charge is -1.97. The zero-order valence-corrected chi connectivity index (χ0v) is 7.71. The van der Waals surface area contributed by atoms with Crippen molar-refractivity contribution in [3.8, 4) is 0 Å². The van der Waals surface area contributed by atoms with Gasteiger partial charge in [-0.05, 0) is 5.75 Å². The highest BCUT2D eigenvalue weighted by Crippen LogP contribution is 2.01.